The summed E-state index contributed by atoms with van der Waals surface area (Å²) in [5.41, 5.74) is 1.90. The van der Waals surface area contributed by atoms with Crippen molar-refractivity contribution in [2.45, 2.75) is 46.1 Å². The van der Waals surface area contributed by atoms with E-state index in [9.17, 15) is 9.90 Å². The third-order valence-electron chi connectivity index (χ3n) is 4.17. The van der Waals surface area contributed by atoms with Gasteiger partial charge in [0.25, 0.3) is 0 Å². The summed E-state index contributed by atoms with van der Waals surface area (Å²) in [6, 6.07) is 5.70. The molecule has 0 saturated carbocycles. The molecule has 1 aliphatic rings. The number of carbonyl (C=O) groups is 1. The summed E-state index contributed by atoms with van der Waals surface area (Å²) in [4.78, 5) is 14.5. The number of nitrogens with zero attached hydrogens (tertiary/aromatic N) is 1. The number of hydrogen-bond donors (Lipinski definition) is 1. The fourth-order valence-corrected chi connectivity index (χ4v) is 3.36. The molecule has 0 bridgehead atoms. The Morgan fingerprint density at radius 2 is 2.19 bits per heavy atom. The minimum absolute atomic E-state index is 0.0545. The van der Waals surface area contributed by atoms with Crippen molar-refractivity contribution >= 4 is 17.5 Å². The highest BCUT2D eigenvalue weighted by Crippen LogP contribution is 2.29. The molecule has 21 heavy (non-hydrogen) atoms. The van der Waals surface area contributed by atoms with E-state index < -0.39 is 0 Å². The Kier molecular flexibility index (Phi) is 4.95. The van der Waals surface area contributed by atoms with Crippen LogP contribution in [0.3, 0.4) is 0 Å². The van der Waals surface area contributed by atoms with Crippen LogP contribution in [0.1, 0.15) is 37.8 Å². The number of aryl methyl sites for hydroxylation is 1. The van der Waals surface area contributed by atoms with E-state index in [2.05, 4.69) is 13.8 Å². The molecule has 0 aliphatic carbocycles. The molecule has 1 amide bonds. The van der Waals surface area contributed by atoms with Crippen LogP contribution in [0, 0.1) is 12.3 Å². The molecule has 1 aromatic carbocycles. The van der Waals surface area contributed by atoms with E-state index in [1.165, 1.54) is 0 Å². The van der Waals surface area contributed by atoms with Crippen LogP contribution in [-0.4, -0.2) is 35.1 Å². The zero-order valence-corrected chi connectivity index (χ0v) is 13.8. The summed E-state index contributed by atoms with van der Waals surface area (Å²) in [6.45, 7) is 7.48. The molecule has 1 aromatic rings. The highest BCUT2D eigenvalue weighted by molar-refractivity contribution is 6.31. The van der Waals surface area contributed by atoms with Gasteiger partial charge in [-0.3, -0.25) is 4.79 Å². The largest absolute Gasteiger partial charge is 0.393 e. The van der Waals surface area contributed by atoms with Crippen LogP contribution >= 0.6 is 11.6 Å². The van der Waals surface area contributed by atoms with Gasteiger partial charge in [-0.25, -0.2) is 0 Å². The van der Waals surface area contributed by atoms with Crippen LogP contribution in [0.5, 0.6) is 0 Å². The second kappa shape index (κ2) is 6.37. The van der Waals surface area contributed by atoms with E-state index in [0.29, 0.717) is 31.0 Å². The van der Waals surface area contributed by atoms with Gasteiger partial charge in [-0.05, 0) is 42.4 Å². The molecule has 116 valence electrons. The maximum absolute atomic E-state index is 12.6. The van der Waals surface area contributed by atoms with Crippen molar-refractivity contribution in [2.75, 3.05) is 13.1 Å². The second-order valence-corrected chi connectivity index (χ2v) is 7.25. The monoisotopic (exact) mass is 309 g/mol. The highest BCUT2D eigenvalue weighted by atomic mass is 35.5. The summed E-state index contributed by atoms with van der Waals surface area (Å²) in [5, 5.41) is 10.6. The standard InChI is InChI=1S/C17H24ClNO2/c1-12-5-4-6-15(18)14(12)9-16(21)19-8-7-13(20)10-17(2,3)11-19/h4-6,13,20H,7-11H2,1-3H3. The lowest BCUT2D eigenvalue weighted by Gasteiger charge is -2.30. The molecule has 1 heterocycles. The Morgan fingerprint density at radius 3 is 2.86 bits per heavy atom. The number of aliphatic hydroxyl groups is 1. The van der Waals surface area contributed by atoms with Crippen molar-refractivity contribution in [3.05, 3.63) is 34.3 Å². The van der Waals surface area contributed by atoms with E-state index in [1.807, 2.05) is 30.0 Å². The molecule has 3 nitrogen and oxygen atoms in total. The van der Waals surface area contributed by atoms with Gasteiger partial charge in [0, 0.05) is 18.1 Å². The van der Waals surface area contributed by atoms with Crippen LogP contribution < -0.4 is 0 Å². The molecule has 4 heteroatoms. The third kappa shape index (κ3) is 4.21. The Labute approximate surface area is 131 Å². The van der Waals surface area contributed by atoms with Gasteiger partial charge in [-0.1, -0.05) is 37.6 Å². The molecule has 1 saturated heterocycles. The predicted octanol–water partition coefficient (Wildman–Crippen LogP) is 3.20. The maximum Gasteiger partial charge on any atom is 0.227 e. The van der Waals surface area contributed by atoms with Gasteiger partial charge < -0.3 is 10.0 Å². The summed E-state index contributed by atoms with van der Waals surface area (Å²) in [7, 11) is 0. The molecular weight excluding hydrogens is 286 g/mol. The van der Waals surface area contributed by atoms with E-state index >= 15 is 0 Å². The lowest BCUT2D eigenvalue weighted by molar-refractivity contribution is -0.131. The number of carbonyl (C=O) groups excluding carboxylic acids is 1. The molecular formula is C17H24ClNO2. The van der Waals surface area contributed by atoms with Crippen LogP contribution in [0.25, 0.3) is 0 Å². The van der Waals surface area contributed by atoms with Crippen molar-refractivity contribution in [3.63, 3.8) is 0 Å². The van der Waals surface area contributed by atoms with Gasteiger partial charge in [0.15, 0.2) is 0 Å². The summed E-state index contributed by atoms with van der Waals surface area (Å²) in [6.07, 6.45) is 1.40. The summed E-state index contributed by atoms with van der Waals surface area (Å²) < 4.78 is 0. The lowest BCUT2D eigenvalue weighted by atomic mass is 9.87. The molecule has 0 radical (unpaired) electrons. The Bertz CT molecular complexity index is 507. The Balaban J connectivity index is 2.13. The number of halogens is 1. The average molecular weight is 310 g/mol. The SMILES string of the molecule is Cc1cccc(Cl)c1CC(=O)N1CCC(O)CC(C)(C)C1. The average Bonchev–Trinajstić information content (AvgIpc) is 2.51. The Hall–Kier alpha value is -1.06. The van der Waals surface area contributed by atoms with Gasteiger partial charge >= 0.3 is 0 Å². The van der Waals surface area contributed by atoms with Crippen LogP contribution in [0.15, 0.2) is 18.2 Å². The maximum atomic E-state index is 12.6. The van der Waals surface area contributed by atoms with E-state index in [0.717, 1.165) is 17.5 Å². The first-order chi connectivity index (χ1) is 9.78. The number of aliphatic hydroxyl groups excluding tert-OH is 1. The third-order valence-corrected chi connectivity index (χ3v) is 4.53. The number of rotatable bonds is 2. The zero-order chi connectivity index (χ0) is 15.6. The molecule has 1 N–H and O–H groups in total. The molecule has 1 atom stereocenters. The molecule has 1 aliphatic heterocycles. The number of amides is 1. The fourth-order valence-electron chi connectivity index (χ4n) is 3.07. The Morgan fingerprint density at radius 1 is 1.48 bits per heavy atom. The summed E-state index contributed by atoms with van der Waals surface area (Å²) in [5.74, 6) is 0.0911. The van der Waals surface area contributed by atoms with Crippen LogP contribution in [0.4, 0.5) is 0 Å². The predicted molar refractivity (Wildman–Crippen MR) is 85.5 cm³/mol. The van der Waals surface area contributed by atoms with E-state index in [4.69, 9.17) is 11.6 Å². The van der Waals surface area contributed by atoms with Gasteiger partial charge in [-0.15, -0.1) is 0 Å². The van der Waals surface area contributed by atoms with Gasteiger partial charge in [0.2, 0.25) is 5.91 Å². The minimum Gasteiger partial charge on any atom is -0.393 e. The zero-order valence-electron chi connectivity index (χ0n) is 13.0. The van der Waals surface area contributed by atoms with Crippen LogP contribution in [0.2, 0.25) is 5.02 Å². The van der Waals surface area contributed by atoms with E-state index in [1.54, 1.807) is 0 Å². The smallest absolute Gasteiger partial charge is 0.227 e. The first-order valence-corrected chi connectivity index (χ1v) is 7.86. The molecule has 1 unspecified atom stereocenters. The molecule has 1 fully saturated rings. The van der Waals surface area contributed by atoms with Crippen LogP contribution in [-0.2, 0) is 11.2 Å². The van der Waals surface area contributed by atoms with Crippen molar-refractivity contribution < 1.29 is 9.90 Å². The summed E-state index contributed by atoms with van der Waals surface area (Å²) >= 11 is 6.21. The first kappa shape index (κ1) is 16.3. The van der Waals surface area contributed by atoms with Gasteiger partial charge in [0.05, 0.1) is 12.5 Å². The number of likely N-dealkylation sites (tertiary alicyclic amines) is 1. The lowest BCUT2D eigenvalue weighted by Crippen LogP contribution is -2.38. The first-order valence-electron chi connectivity index (χ1n) is 7.48. The molecule has 0 spiro atoms. The van der Waals surface area contributed by atoms with Crippen molar-refractivity contribution in [1.82, 2.24) is 4.90 Å². The number of benzene rings is 1. The number of hydrogen-bond acceptors (Lipinski definition) is 2. The van der Waals surface area contributed by atoms with Crippen molar-refractivity contribution in [3.8, 4) is 0 Å². The normalized spacial score (nSPS) is 22.0. The van der Waals surface area contributed by atoms with Crippen molar-refractivity contribution in [1.29, 1.82) is 0 Å². The van der Waals surface area contributed by atoms with E-state index in [-0.39, 0.29) is 17.4 Å². The van der Waals surface area contributed by atoms with Gasteiger partial charge in [-0.2, -0.15) is 0 Å². The molecule has 0 aromatic heterocycles. The van der Waals surface area contributed by atoms with Crippen molar-refractivity contribution in [2.24, 2.45) is 5.41 Å². The fraction of sp³-hybridized carbons (Fsp3) is 0.588. The second-order valence-electron chi connectivity index (χ2n) is 6.84. The topological polar surface area (TPSA) is 40.5 Å². The quantitative estimate of drug-likeness (QED) is 0.911. The molecule has 2 rings (SSSR count). The highest BCUT2D eigenvalue weighted by Gasteiger charge is 2.31. The minimum atomic E-state index is -0.320. The van der Waals surface area contributed by atoms with Gasteiger partial charge in [0.1, 0.15) is 0 Å².